The van der Waals surface area contributed by atoms with Crippen LogP contribution >= 0.6 is 11.3 Å². The number of nitro benzene ring substituents is 1. The van der Waals surface area contributed by atoms with Crippen LogP contribution in [0.2, 0.25) is 0 Å². The Labute approximate surface area is 107 Å². The van der Waals surface area contributed by atoms with Crippen molar-refractivity contribution >= 4 is 22.8 Å². The lowest BCUT2D eigenvalue weighted by atomic mass is 10.1. The number of benzene rings is 1. The van der Waals surface area contributed by atoms with Crippen molar-refractivity contribution in [1.82, 2.24) is 0 Å². The second-order valence-electron chi connectivity index (χ2n) is 3.45. The van der Waals surface area contributed by atoms with E-state index < -0.39 is 4.92 Å². The SMILES string of the molecule is COc1ccsc1C(=O)c1ccc([N+](=O)[O-])cc1. The first kappa shape index (κ1) is 12.3. The van der Waals surface area contributed by atoms with Crippen LogP contribution in [0.25, 0.3) is 0 Å². The molecule has 0 radical (unpaired) electrons. The number of hydrogen-bond acceptors (Lipinski definition) is 5. The Hall–Kier alpha value is -2.21. The molecule has 0 aliphatic heterocycles. The molecule has 0 fully saturated rings. The molecule has 6 heteroatoms. The monoisotopic (exact) mass is 263 g/mol. The van der Waals surface area contributed by atoms with Crippen molar-refractivity contribution in [3.05, 3.63) is 56.3 Å². The van der Waals surface area contributed by atoms with Gasteiger partial charge in [0.15, 0.2) is 0 Å². The van der Waals surface area contributed by atoms with Crippen molar-refractivity contribution < 1.29 is 14.5 Å². The van der Waals surface area contributed by atoms with E-state index >= 15 is 0 Å². The molecule has 1 aromatic heterocycles. The largest absolute Gasteiger partial charge is 0.495 e. The molecule has 1 aromatic carbocycles. The lowest BCUT2D eigenvalue weighted by molar-refractivity contribution is -0.384. The predicted octanol–water partition coefficient (Wildman–Crippen LogP) is 2.90. The summed E-state index contributed by atoms with van der Waals surface area (Å²) in [5.74, 6) is 0.320. The topological polar surface area (TPSA) is 69.4 Å². The zero-order valence-electron chi connectivity index (χ0n) is 9.45. The highest BCUT2D eigenvalue weighted by atomic mass is 32.1. The van der Waals surface area contributed by atoms with Crippen LogP contribution in [0.15, 0.2) is 35.7 Å². The van der Waals surface area contributed by atoms with Gasteiger partial charge in [0.05, 0.1) is 12.0 Å². The van der Waals surface area contributed by atoms with Crippen LogP contribution in [-0.4, -0.2) is 17.8 Å². The summed E-state index contributed by atoms with van der Waals surface area (Å²) in [6.07, 6.45) is 0. The van der Waals surface area contributed by atoms with Gasteiger partial charge in [0.25, 0.3) is 5.69 Å². The van der Waals surface area contributed by atoms with E-state index in [1.807, 2.05) is 0 Å². The molecule has 1 heterocycles. The number of non-ortho nitro benzene ring substituents is 1. The summed E-state index contributed by atoms with van der Waals surface area (Å²) in [7, 11) is 1.49. The van der Waals surface area contributed by atoms with E-state index in [1.165, 1.54) is 42.7 Å². The molecule has 0 N–H and O–H groups in total. The van der Waals surface area contributed by atoms with Gasteiger partial charge in [-0.3, -0.25) is 14.9 Å². The number of methoxy groups -OCH3 is 1. The summed E-state index contributed by atoms with van der Waals surface area (Å²) in [6, 6.07) is 7.23. The Balaban J connectivity index is 2.32. The van der Waals surface area contributed by atoms with E-state index in [9.17, 15) is 14.9 Å². The van der Waals surface area contributed by atoms with Crippen LogP contribution in [0.5, 0.6) is 5.75 Å². The quantitative estimate of drug-likeness (QED) is 0.483. The maximum absolute atomic E-state index is 12.1. The first-order chi connectivity index (χ1) is 8.63. The number of hydrogen-bond donors (Lipinski definition) is 0. The second-order valence-corrected chi connectivity index (χ2v) is 4.37. The molecule has 0 unspecified atom stereocenters. The van der Waals surface area contributed by atoms with Crippen LogP contribution < -0.4 is 4.74 Å². The lowest BCUT2D eigenvalue weighted by Gasteiger charge is -2.01. The Morgan fingerprint density at radius 2 is 1.94 bits per heavy atom. The first-order valence-corrected chi connectivity index (χ1v) is 5.92. The van der Waals surface area contributed by atoms with Gasteiger partial charge in [-0.05, 0) is 23.6 Å². The van der Waals surface area contributed by atoms with Gasteiger partial charge in [-0.1, -0.05) is 0 Å². The molecule has 2 rings (SSSR count). The van der Waals surface area contributed by atoms with Gasteiger partial charge in [-0.25, -0.2) is 0 Å². The average molecular weight is 263 g/mol. The molecule has 0 aliphatic rings. The van der Waals surface area contributed by atoms with Crippen molar-refractivity contribution in [3.8, 4) is 5.75 Å². The Morgan fingerprint density at radius 3 is 2.50 bits per heavy atom. The molecule has 0 amide bonds. The van der Waals surface area contributed by atoms with Crippen LogP contribution in [0, 0.1) is 10.1 Å². The van der Waals surface area contributed by atoms with Crippen molar-refractivity contribution in [2.45, 2.75) is 0 Å². The molecule has 0 saturated carbocycles. The number of rotatable bonds is 4. The highest BCUT2D eigenvalue weighted by molar-refractivity contribution is 7.12. The maximum atomic E-state index is 12.1. The third-order valence-corrected chi connectivity index (χ3v) is 3.29. The van der Waals surface area contributed by atoms with Gasteiger partial charge in [0.2, 0.25) is 5.78 Å². The molecule has 0 spiro atoms. The van der Waals surface area contributed by atoms with Gasteiger partial charge in [-0.2, -0.15) is 0 Å². The minimum atomic E-state index is -0.500. The van der Waals surface area contributed by atoms with E-state index in [1.54, 1.807) is 11.4 Å². The summed E-state index contributed by atoms with van der Waals surface area (Å²) in [6.45, 7) is 0. The molecular formula is C12H9NO4S. The third-order valence-electron chi connectivity index (χ3n) is 2.40. The number of carbonyl (C=O) groups excluding carboxylic acids is 1. The Morgan fingerprint density at radius 1 is 1.28 bits per heavy atom. The fourth-order valence-electron chi connectivity index (χ4n) is 1.49. The van der Waals surface area contributed by atoms with E-state index in [2.05, 4.69) is 0 Å². The average Bonchev–Trinajstić information content (AvgIpc) is 2.86. The van der Waals surface area contributed by atoms with Crippen LogP contribution in [0.1, 0.15) is 15.2 Å². The molecular weight excluding hydrogens is 254 g/mol. The van der Waals surface area contributed by atoms with Gasteiger partial charge in [0, 0.05) is 17.7 Å². The minimum Gasteiger partial charge on any atom is -0.495 e. The number of nitro groups is 1. The molecule has 0 atom stereocenters. The molecule has 92 valence electrons. The molecule has 0 saturated heterocycles. The van der Waals surface area contributed by atoms with E-state index in [-0.39, 0.29) is 11.5 Å². The van der Waals surface area contributed by atoms with Crippen molar-refractivity contribution in [1.29, 1.82) is 0 Å². The van der Waals surface area contributed by atoms with Gasteiger partial charge in [-0.15, -0.1) is 11.3 Å². The van der Waals surface area contributed by atoms with E-state index in [4.69, 9.17) is 4.74 Å². The van der Waals surface area contributed by atoms with E-state index in [0.29, 0.717) is 16.2 Å². The minimum absolute atomic E-state index is 0.0373. The zero-order chi connectivity index (χ0) is 13.1. The smallest absolute Gasteiger partial charge is 0.269 e. The highest BCUT2D eigenvalue weighted by Gasteiger charge is 2.16. The number of thiophene rings is 1. The summed E-state index contributed by atoms with van der Waals surface area (Å²) < 4.78 is 5.07. The fourth-order valence-corrected chi connectivity index (χ4v) is 2.31. The highest BCUT2D eigenvalue weighted by Crippen LogP contribution is 2.27. The summed E-state index contributed by atoms with van der Waals surface area (Å²) >= 11 is 1.28. The maximum Gasteiger partial charge on any atom is 0.269 e. The molecule has 5 nitrogen and oxygen atoms in total. The predicted molar refractivity (Wildman–Crippen MR) is 67.4 cm³/mol. The van der Waals surface area contributed by atoms with E-state index in [0.717, 1.165) is 0 Å². The fraction of sp³-hybridized carbons (Fsp3) is 0.0833. The van der Waals surface area contributed by atoms with Gasteiger partial charge >= 0.3 is 0 Å². The zero-order valence-corrected chi connectivity index (χ0v) is 10.3. The molecule has 0 bridgehead atoms. The number of carbonyl (C=O) groups is 1. The Bertz CT molecular complexity index is 588. The normalized spacial score (nSPS) is 10.1. The molecule has 0 aliphatic carbocycles. The Kier molecular flexibility index (Phi) is 3.38. The van der Waals surface area contributed by atoms with Crippen LogP contribution in [0.3, 0.4) is 0 Å². The van der Waals surface area contributed by atoms with Gasteiger partial charge in [0.1, 0.15) is 10.6 Å². The summed E-state index contributed by atoms with van der Waals surface area (Å²) in [5.41, 5.74) is 0.367. The van der Waals surface area contributed by atoms with Crippen molar-refractivity contribution in [3.63, 3.8) is 0 Å². The standard InChI is InChI=1S/C12H9NO4S/c1-17-10-6-7-18-12(10)11(14)8-2-4-9(5-3-8)13(15)16/h2-7H,1H3. The van der Waals surface area contributed by atoms with Crippen LogP contribution in [0.4, 0.5) is 5.69 Å². The van der Waals surface area contributed by atoms with Crippen LogP contribution in [-0.2, 0) is 0 Å². The first-order valence-electron chi connectivity index (χ1n) is 5.04. The van der Waals surface area contributed by atoms with Gasteiger partial charge < -0.3 is 4.74 Å². The summed E-state index contributed by atoms with van der Waals surface area (Å²) in [4.78, 5) is 22.6. The number of nitrogens with zero attached hydrogens (tertiary/aromatic N) is 1. The second kappa shape index (κ2) is 4.97. The number of ether oxygens (including phenoxy) is 1. The number of ketones is 1. The molecule has 2 aromatic rings. The third kappa shape index (κ3) is 2.23. The van der Waals surface area contributed by atoms with Crippen molar-refractivity contribution in [2.75, 3.05) is 7.11 Å². The van der Waals surface area contributed by atoms with Crippen molar-refractivity contribution in [2.24, 2.45) is 0 Å². The molecule has 18 heavy (non-hydrogen) atoms. The lowest BCUT2D eigenvalue weighted by Crippen LogP contribution is -2.01. The summed E-state index contributed by atoms with van der Waals surface area (Å²) in [5, 5.41) is 12.3.